The van der Waals surface area contributed by atoms with Gasteiger partial charge in [-0.1, -0.05) is 24.3 Å². The van der Waals surface area contributed by atoms with Gasteiger partial charge in [0.25, 0.3) is 5.82 Å². The number of para-hydroxylation sites is 1. The molecule has 2 fully saturated rings. The van der Waals surface area contributed by atoms with Crippen LogP contribution in [0, 0.1) is 0 Å². The molecular formula is C25H31N9+2. The van der Waals surface area contributed by atoms with Crippen molar-refractivity contribution in [2.24, 2.45) is 0 Å². The maximum Gasteiger partial charge on any atom is 0.274 e. The SMILES string of the molecule is C[NH+]1CCN(c2nc(N3CCN(c4cccc[nH+]4)CC3)c3cnn(-c4ccccc4)c3n2)CC1. The number of anilines is 3. The lowest BCUT2D eigenvalue weighted by Gasteiger charge is -2.33. The van der Waals surface area contributed by atoms with E-state index in [1.807, 2.05) is 41.3 Å². The van der Waals surface area contributed by atoms with E-state index >= 15 is 0 Å². The summed E-state index contributed by atoms with van der Waals surface area (Å²) in [6, 6.07) is 16.5. The molecule has 2 N–H and O–H groups in total. The second kappa shape index (κ2) is 8.90. The highest BCUT2D eigenvalue weighted by Crippen LogP contribution is 2.29. The van der Waals surface area contributed by atoms with Crippen molar-refractivity contribution in [1.29, 1.82) is 0 Å². The monoisotopic (exact) mass is 457 g/mol. The molecule has 0 atom stereocenters. The zero-order valence-electron chi connectivity index (χ0n) is 19.6. The summed E-state index contributed by atoms with van der Waals surface area (Å²) in [5.74, 6) is 2.96. The molecule has 2 saturated heterocycles. The quantitative estimate of drug-likeness (QED) is 0.475. The predicted octanol–water partition coefficient (Wildman–Crippen LogP) is 0.291. The van der Waals surface area contributed by atoms with E-state index in [4.69, 9.17) is 15.1 Å². The zero-order chi connectivity index (χ0) is 22.9. The molecule has 9 heteroatoms. The standard InChI is InChI=1S/C25H29N9/c1-30-11-13-33(14-12-30)25-28-23(32-17-15-31(16-18-32)22-9-5-6-10-26-22)21-19-27-34(24(21)29-25)20-7-3-2-4-8-20/h2-10,19H,11-18H2,1H3/p+2. The van der Waals surface area contributed by atoms with Gasteiger partial charge in [0.05, 0.1) is 69.8 Å². The Morgan fingerprint density at radius 2 is 1.53 bits per heavy atom. The van der Waals surface area contributed by atoms with E-state index in [0.29, 0.717) is 0 Å². The Balaban J connectivity index is 1.36. The molecule has 0 aliphatic carbocycles. The lowest BCUT2D eigenvalue weighted by molar-refractivity contribution is -0.880. The number of piperazine rings is 2. The molecule has 174 valence electrons. The highest BCUT2D eigenvalue weighted by atomic mass is 15.4. The minimum Gasteiger partial charge on any atom is -0.348 e. The Kier molecular flexibility index (Phi) is 5.46. The number of benzene rings is 1. The first-order valence-corrected chi connectivity index (χ1v) is 12.1. The van der Waals surface area contributed by atoms with Gasteiger partial charge < -0.3 is 14.7 Å². The predicted molar refractivity (Wildman–Crippen MR) is 133 cm³/mol. The summed E-state index contributed by atoms with van der Waals surface area (Å²) in [6.07, 6.45) is 3.91. The molecule has 1 aromatic carbocycles. The highest BCUT2D eigenvalue weighted by Gasteiger charge is 2.28. The minimum atomic E-state index is 0.812. The van der Waals surface area contributed by atoms with E-state index in [2.05, 4.69) is 51.0 Å². The number of nitrogens with one attached hydrogen (secondary N) is 2. The van der Waals surface area contributed by atoms with E-state index in [9.17, 15) is 0 Å². The van der Waals surface area contributed by atoms with Crippen LogP contribution in [0.5, 0.6) is 0 Å². The molecular weight excluding hydrogens is 426 g/mol. The first-order chi connectivity index (χ1) is 16.8. The van der Waals surface area contributed by atoms with Crippen molar-refractivity contribution in [3.8, 4) is 5.69 Å². The topological polar surface area (TPSA) is 71.9 Å². The van der Waals surface area contributed by atoms with Crippen molar-refractivity contribution in [2.45, 2.75) is 0 Å². The summed E-state index contributed by atoms with van der Waals surface area (Å²) in [4.78, 5) is 22.2. The number of likely N-dealkylation sites (N-methyl/N-ethyl adjacent to an activating group) is 1. The van der Waals surface area contributed by atoms with Crippen LogP contribution in [0.3, 0.4) is 0 Å². The lowest BCUT2D eigenvalue weighted by Crippen LogP contribution is -3.12. The molecule has 0 amide bonds. The maximum atomic E-state index is 5.13. The van der Waals surface area contributed by atoms with Gasteiger partial charge in [-0.2, -0.15) is 15.1 Å². The van der Waals surface area contributed by atoms with Crippen LogP contribution in [0.25, 0.3) is 16.7 Å². The number of pyridine rings is 1. The largest absolute Gasteiger partial charge is 0.348 e. The van der Waals surface area contributed by atoms with Gasteiger partial charge in [0.2, 0.25) is 5.95 Å². The summed E-state index contributed by atoms with van der Waals surface area (Å²) in [7, 11) is 2.25. The molecule has 2 aliphatic heterocycles. The first kappa shape index (κ1) is 20.9. The average Bonchev–Trinajstić information content (AvgIpc) is 3.34. The summed E-state index contributed by atoms with van der Waals surface area (Å²) < 4.78 is 1.94. The number of rotatable bonds is 4. The Hall–Kier alpha value is -3.72. The molecule has 5 heterocycles. The molecule has 6 rings (SSSR count). The molecule has 34 heavy (non-hydrogen) atoms. The van der Waals surface area contributed by atoms with Gasteiger partial charge >= 0.3 is 0 Å². The number of fused-ring (bicyclic) bond motifs is 1. The molecule has 0 spiro atoms. The van der Waals surface area contributed by atoms with Crippen LogP contribution in [0.1, 0.15) is 0 Å². The third-order valence-corrected chi connectivity index (χ3v) is 6.91. The Morgan fingerprint density at radius 1 is 0.794 bits per heavy atom. The Bertz CT molecular complexity index is 1240. The van der Waals surface area contributed by atoms with Crippen LogP contribution in [0.15, 0.2) is 60.9 Å². The number of nitrogens with zero attached hydrogens (tertiary/aromatic N) is 7. The second-order valence-corrected chi connectivity index (χ2v) is 9.14. The van der Waals surface area contributed by atoms with Crippen molar-refractivity contribution in [3.05, 3.63) is 60.9 Å². The third kappa shape index (κ3) is 3.92. The van der Waals surface area contributed by atoms with Gasteiger partial charge in [-0.05, 0) is 18.2 Å². The highest BCUT2D eigenvalue weighted by molar-refractivity contribution is 5.89. The van der Waals surface area contributed by atoms with Crippen LogP contribution in [-0.4, -0.2) is 79.2 Å². The van der Waals surface area contributed by atoms with Gasteiger partial charge in [0.15, 0.2) is 5.65 Å². The first-order valence-electron chi connectivity index (χ1n) is 12.1. The summed E-state index contributed by atoms with van der Waals surface area (Å²) >= 11 is 0. The van der Waals surface area contributed by atoms with Crippen LogP contribution in [0.4, 0.5) is 17.6 Å². The molecule has 0 unspecified atom stereocenters. The molecule has 9 nitrogen and oxygen atoms in total. The van der Waals surface area contributed by atoms with E-state index < -0.39 is 0 Å². The number of hydrogen-bond acceptors (Lipinski definition) is 6. The zero-order valence-corrected chi connectivity index (χ0v) is 19.6. The lowest BCUT2D eigenvalue weighted by atomic mass is 10.2. The smallest absolute Gasteiger partial charge is 0.274 e. The fourth-order valence-electron chi connectivity index (χ4n) is 4.85. The normalized spacial score (nSPS) is 17.5. The van der Waals surface area contributed by atoms with Crippen LogP contribution in [0.2, 0.25) is 0 Å². The van der Waals surface area contributed by atoms with E-state index in [1.165, 1.54) is 0 Å². The average molecular weight is 458 g/mol. The van der Waals surface area contributed by atoms with Crippen LogP contribution in [-0.2, 0) is 0 Å². The van der Waals surface area contributed by atoms with Gasteiger partial charge in [0.1, 0.15) is 18.9 Å². The summed E-state index contributed by atoms with van der Waals surface area (Å²) in [6.45, 7) is 7.80. The second-order valence-electron chi connectivity index (χ2n) is 9.14. The van der Waals surface area contributed by atoms with Crippen molar-refractivity contribution in [2.75, 3.05) is 74.1 Å². The number of aromatic nitrogens is 5. The summed E-state index contributed by atoms with van der Waals surface area (Å²) in [5, 5.41) is 5.74. The molecule has 0 bridgehead atoms. The van der Waals surface area contributed by atoms with Crippen LogP contribution >= 0.6 is 0 Å². The van der Waals surface area contributed by atoms with Gasteiger partial charge in [0, 0.05) is 6.07 Å². The molecule has 0 saturated carbocycles. The number of hydrogen-bond donors (Lipinski definition) is 1. The fraction of sp³-hybridized carbons (Fsp3) is 0.360. The van der Waals surface area contributed by atoms with Crippen LogP contribution < -0.4 is 24.6 Å². The number of H-pyrrole nitrogens is 1. The summed E-state index contributed by atoms with van der Waals surface area (Å²) in [5.41, 5.74) is 1.89. The number of quaternary nitrogens is 1. The molecule has 3 aromatic heterocycles. The van der Waals surface area contributed by atoms with E-state index in [1.54, 1.807) is 4.90 Å². The Morgan fingerprint density at radius 3 is 2.26 bits per heavy atom. The maximum absolute atomic E-state index is 5.13. The third-order valence-electron chi connectivity index (χ3n) is 6.91. The van der Waals surface area contributed by atoms with Gasteiger partial charge in [-0.3, -0.25) is 4.90 Å². The number of aromatic amines is 1. The van der Waals surface area contributed by atoms with Crippen molar-refractivity contribution in [3.63, 3.8) is 0 Å². The van der Waals surface area contributed by atoms with E-state index in [-0.39, 0.29) is 0 Å². The van der Waals surface area contributed by atoms with Gasteiger partial charge in [-0.25, -0.2) is 9.67 Å². The molecule has 2 aliphatic rings. The van der Waals surface area contributed by atoms with Crippen molar-refractivity contribution < 1.29 is 9.88 Å². The van der Waals surface area contributed by atoms with Gasteiger partial charge in [-0.15, -0.1) is 0 Å². The van der Waals surface area contributed by atoms with Crippen molar-refractivity contribution in [1.82, 2.24) is 19.7 Å². The fourth-order valence-corrected chi connectivity index (χ4v) is 4.85. The minimum absolute atomic E-state index is 0.812. The molecule has 4 aromatic rings. The van der Waals surface area contributed by atoms with E-state index in [0.717, 1.165) is 86.7 Å². The Labute approximate surface area is 199 Å². The molecule has 0 radical (unpaired) electrons. The van der Waals surface area contributed by atoms with Crippen molar-refractivity contribution >= 4 is 28.6 Å².